The van der Waals surface area contributed by atoms with Crippen molar-refractivity contribution >= 4 is 29.1 Å². The second-order valence-corrected chi connectivity index (χ2v) is 7.92. The van der Waals surface area contributed by atoms with Crippen LogP contribution in [0.1, 0.15) is 38.8 Å². The number of hydrogen-bond acceptors (Lipinski definition) is 5. The summed E-state index contributed by atoms with van der Waals surface area (Å²) < 4.78 is 5.60. The van der Waals surface area contributed by atoms with Crippen LogP contribution in [0.4, 0.5) is 11.8 Å². The molecule has 3 rings (SSSR count). The lowest BCUT2D eigenvalue weighted by molar-refractivity contribution is 0.114. The fourth-order valence-electron chi connectivity index (χ4n) is 3.78. The lowest BCUT2D eigenvalue weighted by atomic mass is 9.92. The van der Waals surface area contributed by atoms with Gasteiger partial charge in [-0.05, 0) is 50.2 Å². The Morgan fingerprint density at radius 2 is 2.08 bits per heavy atom. The average molecular weight is 364 g/mol. The summed E-state index contributed by atoms with van der Waals surface area (Å²) in [5.74, 6) is 2.91. The standard InChI is InChI=1S/C18H29N5OS/c1-12-7-13(2)11-23(10-12)16-8-14(3)20-17(21-16)22-18(25)19-9-15-5-4-6-24-15/h8,12-13,15H,4-7,9-11H2,1-3H3,(H2,19,20,21,22,25). The molecule has 6 nitrogen and oxygen atoms in total. The lowest BCUT2D eigenvalue weighted by Gasteiger charge is -2.36. The fraction of sp³-hybridized carbons (Fsp3) is 0.722. The molecule has 1 aromatic rings. The van der Waals surface area contributed by atoms with E-state index in [1.165, 1.54) is 6.42 Å². The first kappa shape index (κ1) is 18.3. The molecule has 7 heteroatoms. The Kier molecular flexibility index (Phi) is 6.06. The molecule has 25 heavy (non-hydrogen) atoms. The molecule has 0 radical (unpaired) electrons. The highest BCUT2D eigenvalue weighted by Crippen LogP contribution is 2.26. The van der Waals surface area contributed by atoms with Gasteiger partial charge in [0.2, 0.25) is 5.95 Å². The summed E-state index contributed by atoms with van der Waals surface area (Å²) in [5.41, 5.74) is 0.945. The molecule has 0 spiro atoms. The van der Waals surface area contributed by atoms with Crippen LogP contribution in [-0.2, 0) is 4.74 Å². The molecule has 0 aromatic carbocycles. The van der Waals surface area contributed by atoms with Gasteiger partial charge < -0.3 is 20.3 Å². The third-order valence-electron chi connectivity index (χ3n) is 4.77. The minimum Gasteiger partial charge on any atom is -0.376 e. The highest BCUT2D eigenvalue weighted by atomic mass is 32.1. The minimum atomic E-state index is 0.255. The van der Waals surface area contributed by atoms with Gasteiger partial charge in [0.15, 0.2) is 5.11 Å². The number of nitrogens with zero attached hydrogens (tertiary/aromatic N) is 3. The van der Waals surface area contributed by atoms with E-state index in [1.807, 2.05) is 6.92 Å². The molecular weight excluding hydrogens is 334 g/mol. The summed E-state index contributed by atoms with van der Waals surface area (Å²) in [6, 6.07) is 2.05. The topological polar surface area (TPSA) is 62.3 Å². The van der Waals surface area contributed by atoms with Crippen molar-refractivity contribution in [3.05, 3.63) is 11.8 Å². The molecule has 1 aromatic heterocycles. The van der Waals surface area contributed by atoms with Gasteiger partial charge >= 0.3 is 0 Å². The molecule has 138 valence electrons. The maximum atomic E-state index is 5.60. The minimum absolute atomic E-state index is 0.255. The first-order valence-corrected chi connectivity index (χ1v) is 9.67. The lowest BCUT2D eigenvalue weighted by Crippen LogP contribution is -2.39. The highest BCUT2D eigenvalue weighted by molar-refractivity contribution is 7.80. The molecular formula is C18H29N5OS. The molecule has 2 N–H and O–H groups in total. The monoisotopic (exact) mass is 363 g/mol. The van der Waals surface area contributed by atoms with Crippen molar-refractivity contribution in [1.82, 2.24) is 15.3 Å². The zero-order valence-electron chi connectivity index (χ0n) is 15.4. The summed E-state index contributed by atoms with van der Waals surface area (Å²) >= 11 is 5.38. The summed E-state index contributed by atoms with van der Waals surface area (Å²) in [5, 5.41) is 6.88. The van der Waals surface area contributed by atoms with Crippen molar-refractivity contribution in [1.29, 1.82) is 0 Å². The van der Waals surface area contributed by atoms with E-state index in [0.717, 1.165) is 50.6 Å². The van der Waals surface area contributed by atoms with Gasteiger partial charge in [0.1, 0.15) is 5.82 Å². The third-order valence-corrected chi connectivity index (χ3v) is 5.02. The van der Waals surface area contributed by atoms with Gasteiger partial charge in [-0.25, -0.2) is 4.98 Å². The van der Waals surface area contributed by atoms with E-state index < -0.39 is 0 Å². The zero-order chi connectivity index (χ0) is 17.8. The van der Waals surface area contributed by atoms with Gasteiger partial charge in [-0.1, -0.05) is 13.8 Å². The van der Waals surface area contributed by atoms with E-state index in [1.54, 1.807) is 0 Å². The second kappa shape index (κ2) is 8.27. The number of hydrogen-bond donors (Lipinski definition) is 2. The number of piperidine rings is 1. The summed E-state index contributed by atoms with van der Waals surface area (Å²) in [7, 11) is 0. The van der Waals surface area contributed by atoms with Crippen molar-refractivity contribution in [2.24, 2.45) is 11.8 Å². The average Bonchev–Trinajstić information content (AvgIpc) is 3.05. The summed E-state index contributed by atoms with van der Waals surface area (Å²) in [4.78, 5) is 11.5. The van der Waals surface area contributed by atoms with E-state index in [2.05, 4.69) is 40.4 Å². The first-order valence-electron chi connectivity index (χ1n) is 9.26. The first-order chi connectivity index (χ1) is 12.0. The van der Waals surface area contributed by atoms with Gasteiger partial charge in [-0.3, -0.25) is 0 Å². The molecule has 3 atom stereocenters. The van der Waals surface area contributed by atoms with Crippen molar-refractivity contribution in [3.63, 3.8) is 0 Å². The van der Waals surface area contributed by atoms with E-state index in [9.17, 15) is 0 Å². The Morgan fingerprint density at radius 3 is 2.76 bits per heavy atom. The van der Waals surface area contributed by atoms with Crippen molar-refractivity contribution < 1.29 is 4.74 Å². The zero-order valence-corrected chi connectivity index (χ0v) is 16.2. The molecule has 2 aliphatic heterocycles. The van der Waals surface area contributed by atoms with E-state index in [4.69, 9.17) is 21.9 Å². The van der Waals surface area contributed by atoms with Gasteiger partial charge in [-0.15, -0.1) is 0 Å². The Hall–Kier alpha value is -1.47. The van der Waals surface area contributed by atoms with Crippen LogP contribution in [0.3, 0.4) is 0 Å². The predicted octanol–water partition coefficient (Wildman–Crippen LogP) is 2.73. The van der Waals surface area contributed by atoms with E-state index in [0.29, 0.717) is 22.9 Å². The van der Waals surface area contributed by atoms with Gasteiger partial charge in [0.25, 0.3) is 0 Å². The van der Waals surface area contributed by atoms with Crippen LogP contribution in [0.25, 0.3) is 0 Å². The van der Waals surface area contributed by atoms with Crippen LogP contribution in [0.2, 0.25) is 0 Å². The maximum absolute atomic E-state index is 5.60. The number of aryl methyl sites for hydroxylation is 1. The highest BCUT2D eigenvalue weighted by Gasteiger charge is 2.23. The molecule has 0 amide bonds. The van der Waals surface area contributed by atoms with Crippen LogP contribution in [0, 0.1) is 18.8 Å². The van der Waals surface area contributed by atoms with Gasteiger partial charge in [-0.2, -0.15) is 4.98 Å². The number of ether oxygens (including phenoxy) is 1. The molecule has 3 heterocycles. The molecule has 2 saturated heterocycles. The molecule has 0 saturated carbocycles. The fourth-order valence-corrected chi connectivity index (χ4v) is 3.95. The van der Waals surface area contributed by atoms with Gasteiger partial charge in [0.05, 0.1) is 6.10 Å². The number of thiocarbonyl (C=S) groups is 1. The third kappa shape index (κ3) is 5.25. The molecule has 0 bridgehead atoms. The van der Waals surface area contributed by atoms with Gasteiger partial charge in [0, 0.05) is 38.0 Å². The Labute approximate surface area is 155 Å². The SMILES string of the molecule is Cc1cc(N2CC(C)CC(C)C2)nc(NC(=S)NCC2CCCO2)n1. The number of anilines is 2. The Bertz CT molecular complexity index is 595. The molecule has 2 fully saturated rings. The molecule has 3 unspecified atom stereocenters. The Balaban J connectivity index is 1.61. The van der Waals surface area contributed by atoms with Crippen LogP contribution in [0.15, 0.2) is 6.07 Å². The van der Waals surface area contributed by atoms with Crippen LogP contribution in [-0.4, -0.2) is 47.4 Å². The smallest absolute Gasteiger partial charge is 0.231 e. The number of nitrogens with one attached hydrogen (secondary N) is 2. The largest absolute Gasteiger partial charge is 0.376 e. The summed E-state index contributed by atoms with van der Waals surface area (Å²) in [6.07, 6.45) is 3.75. The number of rotatable bonds is 4. The van der Waals surface area contributed by atoms with Crippen LogP contribution < -0.4 is 15.5 Å². The van der Waals surface area contributed by atoms with Crippen molar-refractivity contribution in [3.8, 4) is 0 Å². The number of aromatic nitrogens is 2. The van der Waals surface area contributed by atoms with Crippen LogP contribution in [0.5, 0.6) is 0 Å². The normalized spacial score (nSPS) is 26.5. The van der Waals surface area contributed by atoms with E-state index >= 15 is 0 Å². The molecule has 2 aliphatic rings. The molecule has 0 aliphatic carbocycles. The second-order valence-electron chi connectivity index (χ2n) is 7.51. The van der Waals surface area contributed by atoms with Crippen molar-refractivity contribution in [2.45, 2.75) is 46.1 Å². The van der Waals surface area contributed by atoms with Crippen LogP contribution >= 0.6 is 12.2 Å². The quantitative estimate of drug-likeness (QED) is 0.798. The maximum Gasteiger partial charge on any atom is 0.231 e. The Morgan fingerprint density at radius 1 is 1.32 bits per heavy atom. The predicted molar refractivity (Wildman–Crippen MR) is 105 cm³/mol. The van der Waals surface area contributed by atoms with Crippen molar-refractivity contribution in [2.75, 3.05) is 36.5 Å². The van der Waals surface area contributed by atoms with E-state index in [-0.39, 0.29) is 6.10 Å². The summed E-state index contributed by atoms with van der Waals surface area (Å²) in [6.45, 7) is 10.3.